The summed E-state index contributed by atoms with van der Waals surface area (Å²) in [5.41, 5.74) is 2.01. The smallest absolute Gasteiger partial charge is 0.123 e. The Balaban J connectivity index is 2.19. The molecule has 2 aromatic rings. The summed E-state index contributed by atoms with van der Waals surface area (Å²) < 4.78 is 14.4. The average molecular weight is 191 g/mol. The first-order valence-corrected chi connectivity index (χ1v) is 4.35. The van der Waals surface area contributed by atoms with Gasteiger partial charge in [0, 0.05) is 0 Å². The second kappa shape index (κ2) is 3.57. The van der Waals surface area contributed by atoms with Gasteiger partial charge in [-0.25, -0.2) is 9.07 Å². The van der Waals surface area contributed by atoms with Crippen LogP contribution in [0.4, 0.5) is 4.39 Å². The van der Waals surface area contributed by atoms with E-state index in [4.69, 9.17) is 0 Å². The molecule has 0 radical (unpaired) electrons. The first kappa shape index (κ1) is 8.87. The largest absolute Gasteiger partial charge is 0.245 e. The molecule has 0 atom stereocenters. The van der Waals surface area contributed by atoms with Crippen LogP contribution in [0.2, 0.25) is 0 Å². The summed E-state index contributed by atoms with van der Waals surface area (Å²) in [6.07, 6.45) is 1.70. The van der Waals surface area contributed by atoms with Gasteiger partial charge in [0.25, 0.3) is 0 Å². The van der Waals surface area contributed by atoms with Crippen LogP contribution in [0.5, 0.6) is 0 Å². The van der Waals surface area contributed by atoms with Gasteiger partial charge < -0.3 is 0 Å². The van der Waals surface area contributed by atoms with Crippen molar-refractivity contribution in [3.8, 4) is 0 Å². The molecule has 0 spiro atoms. The van der Waals surface area contributed by atoms with Crippen LogP contribution < -0.4 is 0 Å². The average Bonchev–Trinajstić information content (AvgIpc) is 2.56. The van der Waals surface area contributed by atoms with E-state index >= 15 is 0 Å². The maximum Gasteiger partial charge on any atom is 0.123 e. The zero-order valence-corrected chi connectivity index (χ0v) is 7.81. The maximum atomic E-state index is 12.6. The van der Waals surface area contributed by atoms with E-state index in [1.54, 1.807) is 23.0 Å². The molecule has 1 aromatic heterocycles. The predicted molar refractivity (Wildman–Crippen MR) is 50.3 cm³/mol. The van der Waals surface area contributed by atoms with Crippen molar-refractivity contribution in [2.45, 2.75) is 13.5 Å². The Kier molecular flexibility index (Phi) is 2.26. The molecular formula is C10H10FN3. The summed E-state index contributed by atoms with van der Waals surface area (Å²) in [5, 5.41) is 7.68. The lowest BCUT2D eigenvalue weighted by Gasteiger charge is -2.02. The van der Waals surface area contributed by atoms with Gasteiger partial charge in [0.1, 0.15) is 5.82 Å². The molecule has 0 N–H and O–H groups in total. The van der Waals surface area contributed by atoms with E-state index < -0.39 is 0 Å². The number of aryl methyl sites for hydroxylation is 1. The molecule has 0 aliphatic rings. The first-order valence-electron chi connectivity index (χ1n) is 4.35. The van der Waals surface area contributed by atoms with Gasteiger partial charge in [-0.2, -0.15) is 0 Å². The Bertz CT molecular complexity index is 419. The van der Waals surface area contributed by atoms with Crippen molar-refractivity contribution < 1.29 is 4.39 Å². The molecule has 3 nitrogen and oxygen atoms in total. The van der Waals surface area contributed by atoms with Gasteiger partial charge in [0.2, 0.25) is 0 Å². The molecule has 4 heteroatoms. The first-order chi connectivity index (χ1) is 6.75. The molecule has 0 aliphatic heterocycles. The molecule has 72 valence electrons. The van der Waals surface area contributed by atoms with E-state index in [1.807, 2.05) is 6.92 Å². The second-order valence-electron chi connectivity index (χ2n) is 3.16. The molecular weight excluding hydrogens is 181 g/mol. The second-order valence-corrected chi connectivity index (χ2v) is 3.16. The van der Waals surface area contributed by atoms with Crippen molar-refractivity contribution in [3.05, 3.63) is 47.5 Å². The Morgan fingerprint density at radius 3 is 2.57 bits per heavy atom. The van der Waals surface area contributed by atoms with E-state index in [9.17, 15) is 4.39 Å². The number of halogens is 1. The highest BCUT2D eigenvalue weighted by Crippen LogP contribution is 2.05. The van der Waals surface area contributed by atoms with Gasteiger partial charge in [0.05, 0.1) is 18.4 Å². The normalized spacial score (nSPS) is 10.4. The van der Waals surface area contributed by atoms with Crippen LogP contribution in [0.3, 0.4) is 0 Å². The molecule has 2 rings (SSSR count). The molecule has 0 bridgehead atoms. The summed E-state index contributed by atoms with van der Waals surface area (Å²) in [6.45, 7) is 2.57. The number of rotatable bonds is 2. The summed E-state index contributed by atoms with van der Waals surface area (Å²) in [5.74, 6) is -0.218. The third-order valence-electron chi connectivity index (χ3n) is 2.06. The minimum absolute atomic E-state index is 0.218. The van der Waals surface area contributed by atoms with Gasteiger partial charge in [-0.3, -0.25) is 0 Å². The van der Waals surface area contributed by atoms with Crippen molar-refractivity contribution >= 4 is 0 Å². The number of nitrogens with zero attached hydrogens (tertiary/aromatic N) is 3. The minimum Gasteiger partial charge on any atom is -0.245 e. The van der Waals surface area contributed by atoms with Crippen LogP contribution in [0.1, 0.15) is 11.3 Å². The molecule has 0 aliphatic carbocycles. The zero-order valence-electron chi connectivity index (χ0n) is 7.81. The van der Waals surface area contributed by atoms with Crippen LogP contribution in [0.15, 0.2) is 30.5 Å². The van der Waals surface area contributed by atoms with E-state index in [0.29, 0.717) is 6.54 Å². The zero-order chi connectivity index (χ0) is 9.97. The lowest BCUT2D eigenvalue weighted by molar-refractivity contribution is 0.617. The van der Waals surface area contributed by atoms with Gasteiger partial charge >= 0.3 is 0 Å². The van der Waals surface area contributed by atoms with Crippen molar-refractivity contribution in [1.29, 1.82) is 0 Å². The maximum absolute atomic E-state index is 12.6. The summed E-state index contributed by atoms with van der Waals surface area (Å²) >= 11 is 0. The monoisotopic (exact) mass is 191 g/mol. The van der Waals surface area contributed by atoms with Crippen molar-refractivity contribution in [2.75, 3.05) is 0 Å². The van der Waals surface area contributed by atoms with Crippen LogP contribution in [0.25, 0.3) is 0 Å². The fourth-order valence-corrected chi connectivity index (χ4v) is 1.23. The quantitative estimate of drug-likeness (QED) is 0.724. The highest BCUT2D eigenvalue weighted by Gasteiger charge is 1.99. The molecule has 0 fully saturated rings. The Hall–Kier alpha value is -1.71. The summed E-state index contributed by atoms with van der Waals surface area (Å²) in [6, 6.07) is 6.39. The minimum atomic E-state index is -0.218. The van der Waals surface area contributed by atoms with Gasteiger partial charge in [-0.1, -0.05) is 17.3 Å². The van der Waals surface area contributed by atoms with E-state index in [2.05, 4.69) is 10.3 Å². The highest BCUT2D eigenvalue weighted by molar-refractivity contribution is 5.16. The fourth-order valence-electron chi connectivity index (χ4n) is 1.23. The van der Waals surface area contributed by atoms with Crippen molar-refractivity contribution in [2.24, 2.45) is 0 Å². The van der Waals surface area contributed by atoms with E-state index in [-0.39, 0.29) is 5.82 Å². The number of aromatic nitrogens is 3. The Labute approximate surface area is 81.2 Å². The van der Waals surface area contributed by atoms with Crippen LogP contribution in [-0.2, 0) is 6.54 Å². The molecule has 14 heavy (non-hydrogen) atoms. The van der Waals surface area contributed by atoms with Crippen molar-refractivity contribution in [3.63, 3.8) is 0 Å². The van der Waals surface area contributed by atoms with Crippen molar-refractivity contribution in [1.82, 2.24) is 15.0 Å². The Morgan fingerprint density at radius 2 is 2.00 bits per heavy atom. The third-order valence-corrected chi connectivity index (χ3v) is 2.06. The molecule has 0 saturated carbocycles. The van der Waals surface area contributed by atoms with Crippen LogP contribution in [0, 0.1) is 12.7 Å². The molecule has 1 aromatic carbocycles. The molecule has 1 heterocycles. The highest BCUT2D eigenvalue weighted by atomic mass is 19.1. The van der Waals surface area contributed by atoms with Crippen LogP contribution in [-0.4, -0.2) is 15.0 Å². The standard InChI is InChI=1S/C10H10FN3/c1-8-6-12-13-14(8)7-9-2-4-10(11)5-3-9/h2-6H,7H2,1H3. The summed E-state index contributed by atoms with van der Waals surface area (Å²) in [7, 11) is 0. The van der Waals surface area contributed by atoms with E-state index in [1.165, 1.54) is 12.1 Å². The van der Waals surface area contributed by atoms with E-state index in [0.717, 1.165) is 11.3 Å². The molecule has 0 saturated heterocycles. The lowest BCUT2D eigenvalue weighted by atomic mass is 10.2. The summed E-state index contributed by atoms with van der Waals surface area (Å²) in [4.78, 5) is 0. The predicted octanol–water partition coefficient (Wildman–Crippen LogP) is 1.77. The molecule has 0 unspecified atom stereocenters. The van der Waals surface area contributed by atoms with Gasteiger partial charge in [-0.05, 0) is 24.6 Å². The molecule has 0 amide bonds. The van der Waals surface area contributed by atoms with Gasteiger partial charge in [-0.15, -0.1) is 5.10 Å². The number of benzene rings is 1. The number of hydrogen-bond donors (Lipinski definition) is 0. The number of hydrogen-bond acceptors (Lipinski definition) is 2. The van der Waals surface area contributed by atoms with Gasteiger partial charge in [0.15, 0.2) is 0 Å². The Morgan fingerprint density at radius 1 is 1.29 bits per heavy atom. The van der Waals surface area contributed by atoms with Crippen LogP contribution >= 0.6 is 0 Å². The topological polar surface area (TPSA) is 30.7 Å². The SMILES string of the molecule is Cc1cnnn1Cc1ccc(F)cc1. The third kappa shape index (κ3) is 1.79. The fraction of sp³-hybridized carbons (Fsp3) is 0.200. The lowest BCUT2D eigenvalue weighted by Crippen LogP contribution is -2.03.